The van der Waals surface area contributed by atoms with Crippen molar-refractivity contribution in [3.8, 4) is 5.75 Å². The molecule has 0 unspecified atom stereocenters. The van der Waals surface area contributed by atoms with E-state index in [9.17, 15) is 19.5 Å². The summed E-state index contributed by atoms with van der Waals surface area (Å²) >= 11 is 0. The molecule has 0 saturated carbocycles. The number of anilines is 1. The SMILES string of the molecule is COC(=O)c1ccc(NC(=O)C(=O)NC[C@@]2(O)CCCc3cc(OC)ccc32)cc1. The Kier molecular flexibility index (Phi) is 6.37. The quantitative estimate of drug-likeness (QED) is 0.509. The lowest BCUT2D eigenvalue weighted by Crippen LogP contribution is -2.46. The van der Waals surface area contributed by atoms with E-state index in [4.69, 9.17) is 4.74 Å². The van der Waals surface area contributed by atoms with E-state index in [0.717, 1.165) is 24.0 Å². The van der Waals surface area contributed by atoms with Gasteiger partial charge in [0.25, 0.3) is 0 Å². The topological polar surface area (TPSA) is 114 Å². The number of nitrogens with one attached hydrogen (secondary N) is 2. The smallest absolute Gasteiger partial charge is 0.337 e. The van der Waals surface area contributed by atoms with Gasteiger partial charge in [0.05, 0.1) is 26.3 Å². The highest BCUT2D eigenvalue weighted by molar-refractivity contribution is 6.39. The van der Waals surface area contributed by atoms with Crippen LogP contribution < -0.4 is 15.4 Å². The minimum atomic E-state index is -1.25. The average molecular weight is 412 g/mol. The van der Waals surface area contributed by atoms with Gasteiger partial charge in [-0.05, 0) is 66.8 Å². The summed E-state index contributed by atoms with van der Waals surface area (Å²) in [6.45, 7) is -0.0835. The van der Waals surface area contributed by atoms with Crippen molar-refractivity contribution in [2.45, 2.75) is 24.9 Å². The van der Waals surface area contributed by atoms with Crippen LogP contribution in [0.3, 0.4) is 0 Å². The largest absolute Gasteiger partial charge is 0.497 e. The maximum Gasteiger partial charge on any atom is 0.337 e. The van der Waals surface area contributed by atoms with E-state index in [1.165, 1.54) is 31.4 Å². The number of carbonyl (C=O) groups is 3. The van der Waals surface area contributed by atoms with Gasteiger partial charge < -0.3 is 25.2 Å². The summed E-state index contributed by atoms with van der Waals surface area (Å²) < 4.78 is 9.84. The van der Waals surface area contributed by atoms with E-state index in [1.807, 2.05) is 6.07 Å². The van der Waals surface area contributed by atoms with E-state index in [-0.39, 0.29) is 6.54 Å². The number of amides is 2. The van der Waals surface area contributed by atoms with E-state index in [2.05, 4.69) is 15.4 Å². The highest BCUT2D eigenvalue weighted by Gasteiger charge is 2.35. The number of carbonyl (C=O) groups excluding carboxylic acids is 3. The summed E-state index contributed by atoms with van der Waals surface area (Å²) in [7, 11) is 2.86. The molecule has 0 bridgehead atoms. The molecule has 30 heavy (non-hydrogen) atoms. The molecular weight excluding hydrogens is 388 g/mol. The molecule has 0 fully saturated rings. The highest BCUT2D eigenvalue weighted by Crippen LogP contribution is 2.36. The van der Waals surface area contributed by atoms with Crippen LogP contribution in [-0.4, -0.2) is 43.7 Å². The number of rotatable bonds is 5. The Bertz CT molecular complexity index is 957. The van der Waals surface area contributed by atoms with E-state index in [1.54, 1.807) is 19.2 Å². The van der Waals surface area contributed by atoms with Gasteiger partial charge in [0.15, 0.2) is 0 Å². The third-order valence-corrected chi connectivity index (χ3v) is 5.16. The number of benzene rings is 2. The summed E-state index contributed by atoms with van der Waals surface area (Å²) in [5.41, 5.74) is 1.13. The molecule has 0 spiro atoms. The van der Waals surface area contributed by atoms with Crippen molar-refractivity contribution in [1.29, 1.82) is 0 Å². The molecule has 0 radical (unpaired) electrons. The molecule has 158 valence electrons. The average Bonchev–Trinajstić information content (AvgIpc) is 2.77. The van der Waals surface area contributed by atoms with Crippen molar-refractivity contribution in [2.75, 3.05) is 26.1 Å². The molecule has 3 N–H and O–H groups in total. The third kappa shape index (κ3) is 4.60. The number of hydrogen-bond acceptors (Lipinski definition) is 6. The molecule has 3 rings (SSSR count). The molecule has 0 aliphatic heterocycles. The van der Waals surface area contributed by atoms with Crippen LogP contribution in [0.2, 0.25) is 0 Å². The Hall–Kier alpha value is -3.39. The van der Waals surface area contributed by atoms with Crippen LogP contribution in [0.1, 0.15) is 34.3 Å². The number of methoxy groups -OCH3 is 2. The minimum Gasteiger partial charge on any atom is -0.497 e. The maximum atomic E-state index is 12.2. The predicted octanol–water partition coefficient (Wildman–Crippen LogP) is 1.76. The van der Waals surface area contributed by atoms with Crippen LogP contribution in [0.25, 0.3) is 0 Å². The van der Waals surface area contributed by atoms with Crippen molar-refractivity contribution >= 4 is 23.5 Å². The Morgan fingerprint density at radius 1 is 1.07 bits per heavy atom. The summed E-state index contributed by atoms with van der Waals surface area (Å²) in [6.07, 6.45) is 2.04. The summed E-state index contributed by atoms with van der Waals surface area (Å²) in [5.74, 6) is -1.51. The number of esters is 1. The summed E-state index contributed by atoms with van der Waals surface area (Å²) in [4.78, 5) is 35.9. The standard InChI is InChI=1S/C22H24N2O6/c1-29-17-9-10-18-15(12-17)4-3-11-22(18,28)13-23-19(25)20(26)24-16-7-5-14(6-8-16)21(27)30-2/h5-10,12,28H,3-4,11,13H2,1-2H3,(H,23,25)(H,24,26)/t22-/m0/s1. The molecule has 2 amide bonds. The first kappa shape index (κ1) is 21.3. The van der Waals surface area contributed by atoms with Gasteiger partial charge in [-0.3, -0.25) is 9.59 Å². The van der Waals surface area contributed by atoms with Gasteiger partial charge in [-0.1, -0.05) is 6.07 Å². The molecule has 1 atom stereocenters. The zero-order valence-corrected chi connectivity index (χ0v) is 16.9. The molecule has 8 nitrogen and oxygen atoms in total. The first-order valence-corrected chi connectivity index (χ1v) is 9.53. The van der Waals surface area contributed by atoms with Gasteiger partial charge in [-0.25, -0.2) is 4.79 Å². The maximum absolute atomic E-state index is 12.2. The normalized spacial score (nSPS) is 17.4. The van der Waals surface area contributed by atoms with Crippen molar-refractivity contribution in [3.63, 3.8) is 0 Å². The second-order valence-electron chi connectivity index (χ2n) is 7.11. The lowest BCUT2D eigenvalue weighted by Gasteiger charge is -2.34. The van der Waals surface area contributed by atoms with Gasteiger partial charge in [0.1, 0.15) is 11.4 Å². The van der Waals surface area contributed by atoms with Gasteiger partial charge in [-0.15, -0.1) is 0 Å². The van der Waals surface area contributed by atoms with E-state index < -0.39 is 23.4 Å². The number of aryl methyl sites for hydroxylation is 1. The molecular formula is C22H24N2O6. The third-order valence-electron chi connectivity index (χ3n) is 5.16. The summed E-state index contributed by atoms with van der Waals surface area (Å²) in [6, 6.07) is 11.4. The van der Waals surface area contributed by atoms with E-state index in [0.29, 0.717) is 23.4 Å². The van der Waals surface area contributed by atoms with Gasteiger partial charge in [-0.2, -0.15) is 0 Å². The molecule has 2 aromatic carbocycles. The number of hydrogen-bond donors (Lipinski definition) is 3. The molecule has 0 heterocycles. The first-order chi connectivity index (χ1) is 14.4. The second kappa shape index (κ2) is 8.96. The van der Waals surface area contributed by atoms with Crippen molar-refractivity contribution in [2.24, 2.45) is 0 Å². The van der Waals surface area contributed by atoms with Crippen LogP contribution in [0.4, 0.5) is 5.69 Å². The van der Waals surface area contributed by atoms with Gasteiger partial charge in [0.2, 0.25) is 0 Å². The fraction of sp³-hybridized carbons (Fsp3) is 0.318. The monoisotopic (exact) mass is 412 g/mol. The number of aliphatic hydroxyl groups is 1. The summed E-state index contributed by atoms with van der Waals surface area (Å²) in [5, 5.41) is 16.1. The Labute approximate surface area is 174 Å². The lowest BCUT2D eigenvalue weighted by atomic mass is 9.79. The first-order valence-electron chi connectivity index (χ1n) is 9.53. The zero-order chi connectivity index (χ0) is 21.7. The Balaban J connectivity index is 1.61. The van der Waals surface area contributed by atoms with Gasteiger partial charge in [0, 0.05) is 5.69 Å². The van der Waals surface area contributed by atoms with Crippen LogP contribution in [0.5, 0.6) is 5.75 Å². The van der Waals surface area contributed by atoms with Crippen LogP contribution in [0, 0.1) is 0 Å². The Morgan fingerprint density at radius 3 is 2.47 bits per heavy atom. The zero-order valence-electron chi connectivity index (χ0n) is 16.9. The molecule has 0 saturated heterocycles. The molecule has 0 aromatic heterocycles. The number of fused-ring (bicyclic) bond motifs is 1. The molecule has 1 aliphatic rings. The fourth-order valence-corrected chi connectivity index (χ4v) is 3.55. The Morgan fingerprint density at radius 2 is 1.80 bits per heavy atom. The number of ether oxygens (including phenoxy) is 2. The fourth-order valence-electron chi connectivity index (χ4n) is 3.55. The van der Waals surface area contributed by atoms with Crippen LogP contribution in [0.15, 0.2) is 42.5 Å². The highest BCUT2D eigenvalue weighted by atomic mass is 16.5. The van der Waals surface area contributed by atoms with Crippen molar-refractivity contribution in [1.82, 2.24) is 5.32 Å². The predicted molar refractivity (Wildman–Crippen MR) is 109 cm³/mol. The minimum absolute atomic E-state index is 0.0835. The lowest BCUT2D eigenvalue weighted by molar-refractivity contribution is -0.137. The van der Waals surface area contributed by atoms with Crippen LogP contribution in [-0.2, 0) is 26.3 Å². The van der Waals surface area contributed by atoms with Gasteiger partial charge >= 0.3 is 17.8 Å². The van der Waals surface area contributed by atoms with Crippen LogP contribution >= 0.6 is 0 Å². The molecule has 1 aliphatic carbocycles. The van der Waals surface area contributed by atoms with E-state index >= 15 is 0 Å². The van der Waals surface area contributed by atoms with Crippen molar-refractivity contribution in [3.05, 3.63) is 59.2 Å². The molecule has 8 heteroatoms. The van der Waals surface area contributed by atoms with Crippen molar-refractivity contribution < 1.29 is 29.0 Å². The second-order valence-corrected chi connectivity index (χ2v) is 7.11. The molecule has 2 aromatic rings.